The summed E-state index contributed by atoms with van der Waals surface area (Å²) >= 11 is 0. The Kier molecular flexibility index (Phi) is 5.95. The summed E-state index contributed by atoms with van der Waals surface area (Å²) in [4.78, 5) is 25.9. The van der Waals surface area contributed by atoms with Crippen LogP contribution in [0.3, 0.4) is 0 Å². The zero-order chi connectivity index (χ0) is 17.5. The SMILES string of the molecule is CCN(C(=O)CC(C(=O)O)c1ccc(OC)cc1)c1ccccc1. The van der Waals surface area contributed by atoms with Crippen molar-refractivity contribution in [2.24, 2.45) is 0 Å². The molecule has 5 heteroatoms. The van der Waals surface area contributed by atoms with E-state index in [0.29, 0.717) is 17.9 Å². The van der Waals surface area contributed by atoms with Crippen molar-refractivity contribution in [1.82, 2.24) is 0 Å². The summed E-state index contributed by atoms with van der Waals surface area (Å²) in [7, 11) is 1.55. The maximum atomic E-state index is 12.6. The molecule has 1 unspecified atom stereocenters. The number of methoxy groups -OCH3 is 1. The van der Waals surface area contributed by atoms with Crippen LogP contribution >= 0.6 is 0 Å². The molecule has 0 aliphatic rings. The second kappa shape index (κ2) is 8.15. The van der Waals surface area contributed by atoms with Crippen LogP contribution in [0.2, 0.25) is 0 Å². The first-order valence-electron chi connectivity index (χ1n) is 7.79. The van der Waals surface area contributed by atoms with Crippen molar-refractivity contribution in [1.29, 1.82) is 0 Å². The van der Waals surface area contributed by atoms with Crippen LogP contribution in [0.5, 0.6) is 5.75 Å². The first kappa shape index (κ1) is 17.5. The first-order valence-corrected chi connectivity index (χ1v) is 7.79. The molecule has 0 spiro atoms. The normalized spacial score (nSPS) is 11.6. The minimum atomic E-state index is -1.02. The number of aliphatic carboxylic acids is 1. The molecule has 5 nitrogen and oxygen atoms in total. The highest BCUT2D eigenvalue weighted by atomic mass is 16.5. The fourth-order valence-corrected chi connectivity index (χ4v) is 2.58. The molecule has 2 rings (SSSR count). The van der Waals surface area contributed by atoms with Gasteiger partial charge < -0.3 is 14.7 Å². The van der Waals surface area contributed by atoms with E-state index in [1.54, 1.807) is 36.3 Å². The number of benzene rings is 2. The van der Waals surface area contributed by atoms with Gasteiger partial charge in [0.1, 0.15) is 5.75 Å². The number of amides is 1. The van der Waals surface area contributed by atoms with E-state index < -0.39 is 11.9 Å². The largest absolute Gasteiger partial charge is 0.497 e. The third-order valence-corrected chi connectivity index (χ3v) is 3.88. The van der Waals surface area contributed by atoms with E-state index in [-0.39, 0.29) is 12.3 Å². The quantitative estimate of drug-likeness (QED) is 0.847. The van der Waals surface area contributed by atoms with Crippen molar-refractivity contribution in [3.05, 3.63) is 60.2 Å². The average molecular weight is 327 g/mol. The van der Waals surface area contributed by atoms with E-state index in [9.17, 15) is 14.7 Å². The predicted octanol–water partition coefficient (Wildman–Crippen LogP) is 3.31. The molecule has 24 heavy (non-hydrogen) atoms. The van der Waals surface area contributed by atoms with E-state index in [1.165, 1.54) is 0 Å². The number of rotatable bonds is 7. The number of hydrogen-bond acceptors (Lipinski definition) is 3. The zero-order valence-electron chi connectivity index (χ0n) is 13.8. The lowest BCUT2D eigenvalue weighted by molar-refractivity contribution is -0.140. The highest BCUT2D eigenvalue weighted by Crippen LogP contribution is 2.25. The van der Waals surface area contributed by atoms with Crippen LogP contribution in [0.4, 0.5) is 5.69 Å². The van der Waals surface area contributed by atoms with Crippen LogP contribution in [0.15, 0.2) is 54.6 Å². The van der Waals surface area contributed by atoms with Crippen molar-refractivity contribution in [3.63, 3.8) is 0 Å². The van der Waals surface area contributed by atoms with Crippen molar-refractivity contribution < 1.29 is 19.4 Å². The van der Waals surface area contributed by atoms with Gasteiger partial charge in [-0.1, -0.05) is 30.3 Å². The minimum Gasteiger partial charge on any atom is -0.497 e. The maximum Gasteiger partial charge on any atom is 0.311 e. The summed E-state index contributed by atoms with van der Waals surface area (Å²) in [6, 6.07) is 16.0. The van der Waals surface area contributed by atoms with Gasteiger partial charge in [0.25, 0.3) is 0 Å². The minimum absolute atomic E-state index is 0.0929. The average Bonchev–Trinajstić information content (AvgIpc) is 2.61. The number of carboxylic acid groups (broad SMARTS) is 1. The molecule has 0 heterocycles. The summed E-state index contributed by atoms with van der Waals surface area (Å²) in [6.07, 6.45) is -0.0929. The lowest BCUT2D eigenvalue weighted by Crippen LogP contribution is -2.33. The molecule has 0 saturated heterocycles. The standard InChI is InChI=1S/C19H21NO4/c1-3-20(15-7-5-4-6-8-15)18(21)13-17(19(22)23)14-9-11-16(24-2)12-10-14/h4-12,17H,3,13H2,1-2H3,(H,22,23). The van der Waals surface area contributed by atoms with E-state index in [1.807, 2.05) is 37.3 Å². The van der Waals surface area contributed by atoms with E-state index in [2.05, 4.69) is 0 Å². The second-order valence-electron chi connectivity index (χ2n) is 5.34. The Morgan fingerprint density at radius 3 is 2.21 bits per heavy atom. The monoisotopic (exact) mass is 327 g/mol. The van der Waals surface area contributed by atoms with Crippen LogP contribution in [0.25, 0.3) is 0 Å². The van der Waals surface area contributed by atoms with Gasteiger partial charge >= 0.3 is 5.97 Å². The van der Waals surface area contributed by atoms with E-state index in [0.717, 1.165) is 5.69 Å². The van der Waals surface area contributed by atoms with Crippen molar-refractivity contribution in [2.45, 2.75) is 19.3 Å². The summed E-state index contributed by atoms with van der Waals surface area (Å²) in [5, 5.41) is 9.53. The molecule has 126 valence electrons. The molecular weight excluding hydrogens is 306 g/mol. The summed E-state index contributed by atoms with van der Waals surface area (Å²) in [6.45, 7) is 2.35. The molecule has 0 radical (unpaired) electrons. The number of nitrogens with zero attached hydrogens (tertiary/aromatic N) is 1. The Hall–Kier alpha value is -2.82. The van der Waals surface area contributed by atoms with E-state index >= 15 is 0 Å². The smallest absolute Gasteiger partial charge is 0.311 e. The molecule has 2 aromatic rings. The van der Waals surface area contributed by atoms with Crippen LogP contribution in [0, 0.1) is 0 Å². The highest BCUT2D eigenvalue weighted by Gasteiger charge is 2.26. The number of hydrogen-bond donors (Lipinski definition) is 1. The molecule has 0 aliphatic heterocycles. The zero-order valence-corrected chi connectivity index (χ0v) is 13.8. The molecule has 0 saturated carbocycles. The van der Waals surface area contributed by atoms with Gasteiger partial charge in [-0.25, -0.2) is 0 Å². The molecule has 1 N–H and O–H groups in total. The van der Waals surface area contributed by atoms with Crippen molar-refractivity contribution in [3.8, 4) is 5.75 Å². The van der Waals surface area contributed by atoms with Gasteiger partial charge in [0.2, 0.25) is 5.91 Å². The summed E-state index contributed by atoms with van der Waals surface area (Å²) in [5.41, 5.74) is 1.35. The topological polar surface area (TPSA) is 66.8 Å². The van der Waals surface area contributed by atoms with Gasteiger partial charge in [-0.05, 0) is 36.8 Å². The first-order chi connectivity index (χ1) is 11.6. The van der Waals surface area contributed by atoms with Crippen LogP contribution < -0.4 is 9.64 Å². The Morgan fingerprint density at radius 1 is 1.08 bits per heavy atom. The summed E-state index contributed by atoms with van der Waals surface area (Å²) in [5.74, 6) is -1.47. The third kappa shape index (κ3) is 4.13. The Balaban J connectivity index is 2.19. The fraction of sp³-hybridized carbons (Fsp3) is 0.263. The Bertz CT molecular complexity index is 682. The van der Waals surface area contributed by atoms with Gasteiger partial charge in [0.05, 0.1) is 13.0 Å². The molecular formula is C19H21NO4. The highest BCUT2D eigenvalue weighted by molar-refractivity contribution is 5.96. The number of carbonyl (C=O) groups excluding carboxylic acids is 1. The van der Waals surface area contributed by atoms with Gasteiger partial charge in [0, 0.05) is 18.7 Å². The lowest BCUT2D eigenvalue weighted by Gasteiger charge is -2.23. The third-order valence-electron chi connectivity index (χ3n) is 3.88. The van der Waals surface area contributed by atoms with Crippen LogP contribution in [-0.2, 0) is 9.59 Å². The molecule has 1 amide bonds. The molecule has 0 aromatic heterocycles. The summed E-state index contributed by atoms with van der Waals surface area (Å²) < 4.78 is 5.08. The van der Waals surface area contributed by atoms with Gasteiger partial charge in [-0.3, -0.25) is 9.59 Å². The molecule has 2 aromatic carbocycles. The lowest BCUT2D eigenvalue weighted by atomic mass is 9.95. The van der Waals surface area contributed by atoms with Crippen LogP contribution in [-0.4, -0.2) is 30.6 Å². The molecule has 0 aliphatic carbocycles. The number of ether oxygens (including phenoxy) is 1. The fourth-order valence-electron chi connectivity index (χ4n) is 2.58. The van der Waals surface area contributed by atoms with Gasteiger partial charge in [-0.15, -0.1) is 0 Å². The van der Waals surface area contributed by atoms with Gasteiger partial charge in [-0.2, -0.15) is 0 Å². The van der Waals surface area contributed by atoms with E-state index in [4.69, 9.17) is 4.74 Å². The number of carbonyl (C=O) groups is 2. The molecule has 0 bridgehead atoms. The van der Waals surface area contributed by atoms with Crippen LogP contribution in [0.1, 0.15) is 24.8 Å². The number of carboxylic acids is 1. The number of anilines is 1. The maximum absolute atomic E-state index is 12.6. The Morgan fingerprint density at radius 2 is 1.71 bits per heavy atom. The Labute approximate surface area is 141 Å². The number of para-hydroxylation sites is 1. The predicted molar refractivity (Wildman–Crippen MR) is 92.5 cm³/mol. The molecule has 1 atom stereocenters. The second-order valence-corrected chi connectivity index (χ2v) is 5.34. The molecule has 0 fully saturated rings. The van der Waals surface area contributed by atoms with Crippen molar-refractivity contribution in [2.75, 3.05) is 18.6 Å². The van der Waals surface area contributed by atoms with Crippen molar-refractivity contribution >= 4 is 17.6 Å². The van der Waals surface area contributed by atoms with Gasteiger partial charge in [0.15, 0.2) is 0 Å².